The van der Waals surface area contributed by atoms with Crippen molar-refractivity contribution in [1.29, 1.82) is 0 Å². The van der Waals surface area contributed by atoms with Crippen molar-refractivity contribution in [2.24, 2.45) is 10.7 Å². The second-order valence-corrected chi connectivity index (χ2v) is 7.41. The van der Waals surface area contributed by atoms with Crippen molar-refractivity contribution < 1.29 is 0 Å². The Balaban J connectivity index is 0.00000300. The van der Waals surface area contributed by atoms with Crippen LogP contribution in [0, 0.1) is 0 Å². The summed E-state index contributed by atoms with van der Waals surface area (Å²) in [6, 6.07) is 17.0. The highest BCUT2D eigenvalue weighted by molar-refractivity contribution is 14.0. The molecule has 0 aliphatic carbocycles. The third-order valence-corrected chi connectivity index (χ3v) is 5.38. The van der Waals surface area contributed by atoms with E-state index in [1.165, 1.54) is 29.8 Å². The normalized spacial score (nSPS) is 15.7. The molecule has 1 aliphatic heterocycles. The summed E-state index contributed by atoms with van der Waals surface area (Å²) in [4.78, 5) is 9.52. The van der Waals surface area contributed by atoms with Crippen LogP contribution in [0.3, 0.4) is 0 Å². The number of halogens is 1. The van der Waals surface area contributed by atoms with Gasteiger partial charge in [-0.15, -0.1) is 24.0 Å². The Morgan fingerprint density at radius 3 is 2.24 bits per heavy atom. The first-order chi connectivity index (χ1) is 13.7. The van der Waals surface area contributed by atoms with Gasteiger partial charge in [-0.3, -0.25) is 4.90 Å². The van der Waals surface area contributed by atoms with Crippen LogP contribution in [0.2, 0.25) is 0 Å². The van der Waals surface area contributed by atoms with Gasteiger partial charge in [0.25, 0.3) is 0 Å². The summed E-state index contributed by atoms with van der Waals surface area (Å²) in [5.41, 5.74) is 10.9. The highest BCUT2D eigenvalue weighted by Gasteiger charge is 2.15. The lowest BCUT2D eigenvalue weighted by atomic mass is 10.1. The number of hydrogen-bond donors (Lipinski definition) is 2. The molecule has 0 unspecified atom stereocenters. The number of rotatable bonds is 7. The Bertz CT molecular complexity index is 767. The Hall–Kier alpha value is -1.64. The number of likely N-dealkylation sites (N-methyl/N-ethyl adjacent to an activating group) is 1. The van der Waals surface area contributed by atoms with Gasteiger partial charge in [0.1, 0.15) is 0 Å². The van der Waals surface area contributed by atoms with Crippen LogP contribution in [-0.2, 0) is 19.5 Å². The van der Waals surface area contributed by atoms with Crippen LogP contribution in [0.4, 0.5) is 5.69 Å². The van der Waals surface area contributed by atoms with Crippen molar-refractivity contribution in [3.8, 4) is 0 Å². The van der Waals surface area contributed by atoms with Gasteiger partial charge in [-0.25, -0.2) is 4.99 Å². The van der Waals surface area contributed by atoms with Crippen LogP contribution in [-0.4, -0.2) is 48.5 Å². The highest BCUT2D eigenvalue weighted by Crippen LogP contribution is 2.12. The first kappa shape index (κ1) is 23.6. The third-order valence-electron chi connectivity index (χ3n) is 5.38. The Morgan fingerprint density at radius 2 is 1.59 bits per heavy atom. The largest absolute Gasteiger partial charge is 0.370 e. The van der Waals surface area contributed by atoms with Gasteiger partial charge in [0.15, 0.2) is 5.96 Å². The predicted molar refractivity (Wildman–Crippen MR) is 134 cm³/mol. The molecule has 3 N–H and O–H groups in total. The molecular weight excluding hydrogens is 473 g/mol. The number of anilines is 1. The molecule has 0 saturated carbocycles. The first-order valence-electron chi connectivity index (χ1n) is 10.3. The molecule has 1 saturated heterocycles. The molecule has 2 aromatic rings. The number of aliphatic imine (C=N–C) groups is 1. The highest BCUT2D eigenvalue weighted by atomic mass is 127. The van der Waals surface area contributed by atoms with E-state index in [4.69, 9.17) is 5.73 Å². The topological polar surface area (TPSA) is 56.9 Å². The minimum absolute atomic E-state index is 0. The van der Waals surface area contributed by atoms with Crippen molar-refractivity contribution in [3.63, 3.8) is 0 Å². The molecule has 1 aliphatic rings. The van der Waals surface area contributed by atoms with E-state index in [-0.39, 0.29) is 24.0 Å². The van der Waals surface area contributed by atoms with Crippen LogP contribution in [0.5, 0.6) is 0 Å². The number of piperazine rings is 1. The smallest absolute Gasteiger partial charge is 0.193 e. The summed E-state index contributed by atoms with van der Waals surface area (Å²) in [6.07, 6.45) is 1.01. The standard InChI is InChI=1S/C23H33N5.HI/c1-3-19-6-5-7-22(16-19)26-23(24)25-17-20-8-10-21(11-9-20)18-28-14-12-27(4-2)13-15-28;/h5-11,16H,3-4,12-15,17-18H2,1-2H3,(H3,24,25,26);1H. The molecule has 0 atom stereocenters. The fraction of sp³-hybridized carbons (Fsp3) is 0.435. The molecule has 158 valence electrons. The molecular formula is C23H34IN5. The monoisotopic (exact) mass is 507 g/mol. The summed E-state index contributed by atoms with van der Waals surface area (Å²) >= 11 is 0. The van der Waals surface area contributed by atoms with Crippen LogP contribution in [0.15, 0.2) is 53.5 Å². The van der Waals surface area contributed by atoms with E-state index in [1.807, 2.05) is 12.1 Å². The molecule has 6 heteroatoms. The van der Waals surface area contributed by atoms with E-state index < -0.39 is 0 Å². The van der Waals surface area contributed by atoms with Gasteiger partial charge in [-0.05, 0) is 41.8 Å². The van der Waals surface area contributed by atoms with Gasteiger partial charge in [0, 0.05) is 38.4 Å². The lowest BCUT2D eigenvalue weighted by molar-refractivity contribution is 0.132. The van der Waals surface area contributed by atoms with E-state index in [0.29, 0.717) is 12.5 Å². The Morgan fingerprint density at radius 1 is 0.931 bits per heavy atom. The summed E-state index contributed by atoms with van der Waals surface area (Å²) in [5.74, 6) is 0.450. The fourth-order valence-electron chi connectivity index (χ4n) is 3.50. The number of nitrogens with one attached hydrogen (secondary N) is 1. The summed E-state index contributed by atoms with van der Waals surface area (Å²) < 4.78 is 0. The van der Waals surface area contributed by atoms with E-state index >= 15 is 0 Å². The Kier molecular flexibility index (Phi) is 9.90. The van der Waals surface area contributed by atoms with E-state index in [2.05, 4.69) is 70.4 Å². The number of guanidine groups is 1. The van der Waals surface area contributed by atoms with Crippen molar-refractivity contribution in [1.82, 2.24) is 9.80 Å². The lowest BCUT2D eigenvalue weighted by Gasteiger charge is -2.34. The quantitative estimate of drug-likeness (QED) is 0.339. The van der Waals surface area contributed by atoms with Crippen molar-refractivity contribution >= 4 is 35.6 Å². The minimum Gasteiger partial charge on any atom is -0.370 e. The minimum atomic E-state index is 0. The molecule has 3 rings (SSSR count). The van der Waals surface area contributed by atoms with Crippen LogP contribution < -0.4 is 11.1 Å². The molecule has 0 amide bonds. The molecule has 2 aromatic carbocycles. The number of benzene rings is 2. The van der Waals surface area contributed by atoms with E-state index in [0.717, 1.165) is 38.3 Å². The SMILES string of the molecule is CCc1cccc(NC(N)=NCc2ccc(CN3CCN(CC)CC3)cc2)c1.I. The van der Waals surface area contributed by atoms with Crippen LogP contribution in [0.25, 0.3) is 0 Å². The van der Waals surface area contributed by atoms with Gasteiger partial charge >= 0.3 is 0 Å². The molecule has 5 nitrogen and oxygen atoms in total. The van der Waals surface area contributed by atoms with Crippen LogP contribution in [0.1, 0.15) is 30.5 Å². The second-order valence-electron chi connectivity index (χ2n) is 7.41. The second kappa shape index (κ2) is 12.1. The molecule has 0 bridgehead atoms. The number of aryl methyl sites for hydroxylation is 1. The molecule has 0 spiro atoms. The summed E-state index contributed by atoms with van der Waals surface area (Å²) in [6.45, 7) is 11.8. The van der Waals surface area contributed by atoms with Gasteiger partial charge in [-0.2, -0.15) is 0 Å². The maximum atomic E-state index is 6.05. The molecule has 0 radical (unpaired) electrons. The zero-order valence-electron chi connectivity index (χ0n) is 17.6. The van der Waals surface area contributed by atoms with Crippen molar-refractivity contribution in [3.05, 3.63) is 65.2 Å². The van der Waals surface area contributed by atoms with Crippen LogP contribution >= 0.6 is 24.0 Å². The zero-order valence-corrected chi connectivity index (χ0v) is 19.9. The lowest BCUT2D eigenvalue weighted by Crippen LogP contribution is -2.45. The molecule has 0 aromatic heterocycles. The van der Waals surface area contributed by atoms with Crippen molar-refractivity contribution in [2.75, 3.05) is 38.0 Å². The molecule has 1 heterocycles. The average molecular weight is 507 g/mol. The summed E-state index contributed by atoms with van der Waals surface area (Å²) in [5, 5.41) is 3.18. The number of hydrogen-bond acceptors (Lipinski definition) is 3. The van der Waals surface area contributed by atoms with Gasteiger partial charge < -0.3 is 16.0 Å². The fourth-order valence-corrected chi connectivity index (χ4v) is 3.50. The van der Waals surface area contributed by atoms with Gasteiger partial charge in [0.2, 0.25) is 0 Å². The average Bonchev–Trinajstić information content (AvgIpc) is 2.74. The maximum Gasteiger partial charge on any atom is 0.193 e. The van der Waals surface area contributed by atoms with Gasteiger partial charge in [-0.1, -0.05) is 50.2 Å². The maximum absolute atomic E-state index is 6.05. The van der Waals surface area contributed by atoms with E-state index in [1.54, 1.807) is 0 Å². The zero-order chi connectivity index (χ0) is 19.8. The predicted octanol–water partition coefficient (Wildman–Crippen LogP) is 3.93. The third kappa shape index (κ3) is 7.60. The van der Waals surface area contributed by atoms with Gasteiger partial charge in [0.05, 0.1) is 6.54 Å². The van der Waals surface area contributed by atoms with Crippen molar-refractivity contribution in [2.45, 2.75) is 33.4 Å². The summed E-state index contributed by atoms with van der Waals surface area (Å²) in [7, 11) is 0. The number of nitrogens with zero attached hydrogens (tertiary/aromatic N) is 3. The first-order valence-corrected chi connectivity index (χ1v) is 10.3. The molecule has 1 fully saturated rings. The van der Waals surface area contributed by atoms with E-state index in [9.17, 15) is 0 Å². The molecule has 29 heavy (non-hydrogen) atoms. The number of nitrogens with two attached hydrogens (primary N) is 1. The Labute approximate surface area is 192 Å².